The summed E-state index contributed by atoms with van der Waals surface area (Å²) in [6.45, 7) is 3.35. The quantitative estimate of drug-likeness (QED) is 0.871. The standard InChI is InChI=1S/C18H18ClN3O3/c1-3-6-14-16(18(24)25)15(11-7-4-5-8-13(11)19)12-9-20-21-17(12)22(14)10(2)23/h4-5,7-9,15H,3,6H2,1-2H3,(H,20,21)(H,24,25). The third-order valence-corrected chi connectivity index (χ3v) is 4.64. The zero-order chi connectivity index (χ0) is 18.1. The number of rotatable bonds is 4. The number of carboxylic acids is 1. The van der Waals surface area contributed by atoms with Crippen molar-refractivity contribution in [3.8, 4) is 0 Å². The van der Waals surface area contributed by atoms with Crippen LogP contribution in [-0.2, 0) is 9.59 Å². The normalized spacial score (nSPS) is 16.8. The molecule has 1 unspecified atom stereocenters. The van der Waals surface area contributed by atoms with Crippen molar-refractivity contribution >= 4 is 29.3 Å². The first-order valence-corrected chi connectivity index (χ1v) is 8.39. The number of nitrogens with one attached hydrogen (secondary N) is 1. The fourth-order valence-electron chi connectivity index (χ4n) is 3.37. The van der Waals surface area contributed by atoms with Crippen LogP contribution >= 0.6 is 11.6 Å². The maximum atomic E-state index is 12.2. The summed E-state index contributed by atoms with van der Waals surface area (Å²) in [5, 5.41) is 17.3. The second kappa shape index (κ2) is 6.72. The van der Waals surface area contributed by atoms with Gasteiger partial charge in [0.15, 0.2) is 0 Å². The van der Waals surface area contributed by atoms with Crippen LogP contribution in [0.4, 0.5) is 5.82 Å². The molecule has 130 valence electrons. The average molecular weight is 360 g/mol. The molecule has 2 aromatic rings. The van der Waals surface area contributed by atoms with Gasteiger partial charge in [0.2, 0.25) is 5.91 Å². The van der Waals surface area contributed by atoms with Gasteiger partial charge in [-0.05, 0) is 18.1 Å². The van der Waals surface area contributed by atoms with E-state index in [1.807, 2.05) is 13.0 Å². The summed E-state index contributed by atoms with van der Waals surface area (Å²) in [4.78, 5) is 25.8. The van der Waals surface area contributed by atoms with Crippen LogP contribution in [0, 0.1) is 0 Å². The molecule has 0 bridgehead atoms. The summed E-state index contributed by atoms with van der Waals surface area (Å²) in [5.74, 6) is -1.40. The van der Waals surface area contributed by atoms with Crippen molar-refractivity contribution in [1.82, 2.24) is 10.2 Å². The molecule has 0 spiro atoms. The Balaban J connectivity index is 2.34. The molecule has 1 amide bonds. The monoisotopic (exact) mass is 359 g/mol. The van der Waals surface area contributed by atoms with E-state index in [0.29, 0.717) is 40.5 Å². The Morgan fingerprint density at radius 1 is 1.32 bits per heavy atom. The first-order valence-electron chi connectivity index (χ1n) is 8.02. The van der Waals surface area contributed by atoms with Crippen molar-refractivity contribution in [2.45, 2.75) is 32.6 Å². The molecule has 1 aliphatic rings. The van der Waals surface area contributed by atoms with Crippen LogP contribution in [0.5, 0.6) is 0 Å². The maximum Gasteiger partial charge on any atom is 0.334 e. The molecule has 0 radical (unpaired) electrons. The second-order valence-electron chi connectivity index (χ2n) is 5.90. The van der Waals surface area contributed by atoms with Crippen LogP contribution in [0.25, 0.3) is 0 Å². The molecule has 7 heteroatoms. The van der Waals surface area contributed by atoms with Crippen LogP contribution in [0.1, 0.15) is 43.7 Å². The van der Waals surface area contributed by atoms with Crippen molar-refractivity contribution < 1.29 is 14.7 Å². The summed E-state index contributed by atoms with van der Waals surface area (Å²) in [6.07, 6.45) is 2.72. The number of carboxylic acid groups (broad SMARTS) is 1. The van der Waals surface area contributed by atoms with Crippen LogP contribution in [-0.4, -0.2) is 27.2 Å². The number of H-pyrrole nitrogens is 1. The van der Waals surface area contributed by atoms with E-state index < -0.39 is 11.9 Å². The van der Waals surface area contributed by atoms with Crippen molar-refractivity contribution in [2.24, 2.45) is 0 Å². The summed E-state index contributed by atoms with van der Waals surface area (Å²) < 4.78 is 0. The molecule has 0 aliphatic carbocycles. The van der Waals surface area contributed by atoms with E-state index in [1.54, 1.807) is 24.4 Å². The molecule has 2 heterocycles. The van der Waals surface area contributed by atoms with E-state index in [9.17, 15) is 14.7 Å². The van der Waals surface area contributed by atoms with Gasteiger partial charge in [0, 0.05) is 29.1 Å². The van der Waals surface area contributed by atoms with Gasteiger partial charge >= 0.3 is 5.97 Å². The zero-order valence-corrected chi connectivity index (χ0v) is 14.7. The minimum absolute atomic E-state index is 0.166. The molecule has 6 nitrogen and oxygen atoms in total. The van der Waals surface area contributed by atoms with Gasteiger partial charge < -0.3 is 5.11 Å². The SMILES string of the molecule is CCCC1=C(C(=O)O)C(c2ccccc2Cl)c2cn[nH]c2N1C(C)=O. The Labute approximate surface area is 150 Å². The van der Waals surface area contributed by atoms with E-state index >= 15 is 0 Å². The number of halogens is 1. The summed E-state index contributed by atoms with van der Waals surface area (Å²) in [6, 6.07) is 7.15. The number of benzene rings is 1. The van der Waals surface area contributed by atoms with Gasteiger partial charge in [-0.1, -0.05) is 43.1 Å². The molecular formula is C18H18ClN3O3. The molecule has 1 atom stereocenters. The van der Waals surface area contributed by atoms with E-state index in [1.165, 1.54) is 11.8 Å². The van der Waals surface area contributed by atoms with Crippen molar-refractivity contribution in [3.05, 3.63) is 57.9 Å². The van der Waals surface area contributed by atoms with Crippen molar-refractivity contribution in [2.75, 3.05) is 4.90 Å². The number of aliphatic carboxylic acids is 1. The van der Waals surface area contributed by atoms with Crippen LogP contribution in [0.3, 0.4) is 0 Å². The Bertz CT molecular complexity index is 872. The largest absolute Gasteiger partial charge is 0.478 e. The Morgan fingerprint density at radius 2 is 2.04 bits per heavy atom. The average Bonchev–Trinajstić information content (AvgIpc) is 3.02. The summed E-state index contributed by atoms with van der Waals surface area (Å²) in [5.41, 5.74) is 1.95. The number of hydrogen-bond acceptors (Lipinski definition) is 3. The fourth-order valence-corrected chi connectivity index (χ4v) is 3.61. The predicted molar refractivity (Wildman–Crippen MR) is 94.6 cm³/mol. The van der Waals surface area contributed by atoms with Gasteiger partial charge in [0.25, 0.3) is 0 Å². The molecule has 0 fully saturated rings. The third kappa shape index (κ3) is 2.82. The molecule has 1 aromatic carbocycles. The summed E-state index contributed by atoms with van der Waals surface area (Å²) in [7, 11) is 0. The number of aromatic amines is 1. The first-order chi connectivity index (χ1) is 12.0. The highest BCUT2D eigenvalue weighted by Crippen LogP contribution is 2.46. The van der Waals surface area contributed by atoms with E-state index in [2.05, 4.69) is 10.2 Å². The van der Waals surface area contributed by atoms with Gasteiger partial charge in [0.05, 0.1) is 11.8 Å². The van der Waals surface area contributed by atoms with Gasteiger partial charge in [-0.25, -0.2) is 4.79 Å². The number of carbonyl (C=O) groups excluding carboxylic acids is 1. The zero-order valence-electron chi connectivity index (χ0n) is 13.9. The lowest BCUT2D eigenvalue weighted by molar-refractivity contribution is -0.133. The van der Waals surface area contributed by atoms with Gasteiger partial charge in [0.1, 0.15) is 5.82 Å². The Morgan fingerprint density at radius 3 is 2.64 bits per heavy atom. The van der Waals surface area contributed by atoms with Gasteiger partial charge in [-0.15, -0.1) is 0 Å². The number of nitrogens with zero attached hydrogens (tertiary/aromatic N) is 2. The number of hydrogen-bond donors (Lipinski definition) is 2. The van der Waals surface area contributed by atoms with Crippen molar-refractivity contribution in [1.29, 1.82) is 0 Å². The Kier molecular flexibility index (Phi) is 4.63. The summed E-state index contributed by atoms with van der Waals surface area (Å²) >= 11 is 6.36. The second-order valence-corrected chi connectivity index (χ2v) is 6.31. The number of aromatic nitrogens is 2. The lowest BCUT2D eigenvalue weighted by Gasteiger charge is -2.34. The highest BCUT2D eigenvalue weighted by Gasteiger charge is 2.40. The number of anilines is 1. The minimum atomic E-state index is -1.06. The molecule has 1 aliphatic heterocycles. The molecule has 0 saturated carbocycles. The lowest BCUT2D eigenvalue weighted by Crippen LogP contribution is -2.36. The van der Waals surface area contributed by atoms with Crippen LogP contribution in [0.15, 0.2) is 41.7 Å². The van der Waals surface area contributed by atoms with E-state index in [0.717, 1.165) is 0 Å². The molecule has 0 saturated heterocycles. The van der Waals surface area contributed by atoms with Crippen molar-refractivity contribution in [3.63, 3.8) is 0 Å². The third-order valence-electron chi connectivity index (χ3n) is 4.30. The maximum absolute atomic E-state index is 12.2. The number of carbonyl (C=O) groups is 2. The molecule has 1 aromatic heterocycles. The molecule has 2 N–H and O–H groups in total. The lowest BCUT2D eigenvalue weighted by atomic mass is 9.81. The fraction of sp³-hybridized carbons (Fsp3) is 0.278. The van der Waals surface area contributed by atoms with E-state index in [-0.39, 0.29) is 11.5 Å². The molecule has 3 rings (SSSR count). The highest BCUT2D eigenvalue weighted by atomic mass is 35.5. The van der Waals surface area contributed by atoms with Gasteiger partial charge in [-0.3, -0.25) is 14.8 Å². The predicted octanol–water partition coefficient (Wildman–Crippen LogP) is 3.70. The smallest absolute Gasteiger partial charge is 0.334 e. The topological polar surface area (TPSA) is 86.3 Å². The van der Waals surface area contributed by atoms with Crippen LogP contribution < -0.4 is 4.90 Å². The van der Waals surface area contributed by atoms with Gasteiger partial charge in [-0.2, -0.15) is 5.10 Å². The number of amides is 1. The molecular weight excluding hydrogens is 342 g/mol. The van der Waals surface area contributed by atoms with E-state index in [4.69, 9.17) is 11.6 Å². The first kappa shape index (κ1) is 17.2. The minimum Gasteiger partial charge on any atom is -0.478 e. The van der Waals surface area contributed by atoms with Crippen LogP contribution in [0.2, 0.25) is 5.02 Å². The number of fused-ring (bicyclic) bond motifs is 1. The Hall–Kier alpha value is -2.60. The molecule has 25 heavy (non-hydrogen) atoms. The number of allylic oxidation sites excluding steroid dienone is 1. The highest BCUT2D eigenvalue weighted by molar-refractivity contribution is 6.31.